The van der Waals surface area contributed by atoms with Gasteiger partial charge < -0.3 is 15.5 Å². The highest BCUT2D eigenvalue weighted by Gasteiger charge is 2.22. The number of H-pyrrole nitrogens is 1. The van der Waals surface area contributed by atoms with Gasteiger partial charge in [0.2, 0.25) is 5.95 Å². The third-order valence-corrected chi connectivity index (χ3v) is 4.94. The molecule has 2 aromatic rings. The van der Waals surface area contributed by atoms with Crippen LogP contribution in [0.15, 0.2) is 18.5 Å². The first-order chi connectivity index (χ1) is 12.8. The predicted octanol–water partition coefficient (Wildman–Crippen LogP) is -0.603. The van der Waals surface area contributed by atoms with Crippen molar-refractivity contribution >= 4 is 11.9 Å². The molecule has 2 aliphatic heterocycles. The fraction of sp³-hybridized carbons (Fsp3) is 0.529. The Morgan fingerprint density at radius 1 is 1.19 bits per heavy atom. The largest absolute Gasteiger partial charge is 0.349 e. The highest BCUT2D eigenvalue weighted by atomic mass is 16.1. The van der Waals surface area contributed by atoms with Gasteiger partial charge in [0, 0.05) is 82.4 Å². The van der Waals surface area contributed by atoms with E-state index in [-0.39, 0.29) is 5.91 Å². The minimum Gasteiger partial charge on any atom is -0.349 e. The van der Waals surface area contributed by atoms with Crippen LogP contribution in [-0.4, -0.2) is 76.8 Å². The number of hydrogen-bond acceptors (Lipinski definition) is 7. The number of nitrogens with one attached hydrogen (secondary N) is 3. The summed E-state index contributed by atoms with van der Waals surface area (Å²) in [5.74, 6) is 0.694. The van der Waals surface area contributed by atoms with Gasteiger partial charge in [0.15, 0.2) is 5.69 Å². The van der Waals surface area contributed by atoms with E-state index in [1.54, 1.807) is 12.4 Å². The standard InChI is InChI=1S/C17H24N8O/c26-16(15-13-12-18-5-2-14(13)22-23-15)19-6-7-24-8-10-25(11-9-24)17-20-3-1-4-21-17/h1,3-4,18H,2,5-12H2,(H,19,26)(H,22,23). The molecule has 0 bridgehead atoms. The van der Waals surface area contributed by atoms with Crippen LogP contribution < -0.4 is 15.5 Å². The minimum atomic E-state index is -0.0949. The summed E-state index contributed by atoms with van der Waals surface area (Å²) >= 11 is 0. The van der Waals surface area contributed by atoms with E-state index in [1.165, 1.54) is 0 Å². The molecule has 2 aliphatic rings. The molecule has 3 N–H and O–H groups in total. The van der Waals surface area contributed by atoms with Gasteiger partial charge in [-0.3, -0.25) is 14.8 Å². The molecule has 0 atom stereocenters. The summed E-state index contributed by atoms with van der Waals surface area (Å²) in [4.78, 5) is 25.5. The van der Waals surface area contributed by atoms with Crippen molar-refractivity contribution in [1.29, 1.82) is 0 Å². The summed E-state index contributed by atoms with van der Waals surface area (Å²) in [6, 6.07) is 1.83. The second kappa shape index (κ2) is 7.79. The summed E-state index contributed by atoms with van der Waals surface area (Å²) in [6.45, 7) is 6.77. The van der Waals surface area contributed by atoms with Crippen LogP contribution >= 0.6 is 0 Å². The van der Waals surface area contributed by atoms with Crippen molar-refractivity contribution in [2.75, 3.05) is 50.7 Å². The van der Waals surface area contributed by atoms with Gasteiger partial charge >= 0.3 is 0 Å². The first-order valence-corrected chi connectivity index (χ1v) is 9.10. The molecule has 9 heteroatoms. The van der Waals surface area contributed by atoms with Crippen LogP contribution in [0.2, 0.25) is 0 Å². The van der Waals surface area contributed by atoms with E-state index in [0.717, 1.165) is 62.9 Å². The number of aromatic amines is 1. The van der Waals surface area contributed by atoms with Crippen molar-refractivity contribution in [3.05, 3.63) is 35.4 Å². The van der Waals surface area contributed by atoms with Gasteiger partial charge in [0.05, 0.1) is 0 Å². The zero-order chi connectivity index (χ0) is 17.8. The Morgan fingerprint density at radius 3 is 2.81 bits per heavy atom. The molecule has 138 valence electrons. The monoisotopic (exact) mass is 356 g/mol. The maximum atomic E-state index is 12.4. The van der Waals surface area contributed by atoms with Crippen LogP contribution in [0.5, 0.6) is 0 Å². The molecule has 0 unspecified atom stereocenters. The van der Waals surface area contributed by atoms with Crippen molar-refractivity contribution in [2.45, 2.75) is 13.0 Å². The Hall–Kier alpha value is -2.52. The Labute approximate surface area is 152 Å². The molecule has 2 aromatic heterocycles. The maximum Gasteiger partial charge on any atom is 0.272 e. The zero-order valence-electron chi connectivity index (χ0n) is 14.7. The van der Waals surface area contributed by atoms with E-state index in [9.17, 15) is 4.79 Å². The highest BCUT2D eigenvalue weighted by molar-refractivity contribution is 5.94. The van der Waals surface area contributed by atoms with E-state index in [1.807, 2.05) is 6.07 Å². The normalized spacial score (nSPS) is 17.8. The second-order valence-corrected chi connectivity index (χ2v) is 6.59. The fourth-order valence-electron chi connectivity index (χ4n) is 3.45. The minimum absolute atomic E-state index is 0.0949. The molecule has 9 nitrogen and oxygen atoms in total. The second-order valence-electron chi connectivity index (χ2n) is 6.59. The Morgan fingerprint density at radius 2 is 2.00 bits per heavy atom. The number of amides is 1. The number of carbonyl (C=O) groups excluding carboxylic acids is 1. The van der Waals surface area contributed by atoms with Crippen LogP contribution in [-0.2, 0) is 13.0 Å². The summed E-state index contributed by atoms with van der Waals surface area (Å²) < 4.78 is 0. The molecule has 4 rings (SSSR count). The van der Waals surface area contributed by atoms with Crippen LogP contribution in [0, 0.1) is 0 Å². The topological polar surface area (TPSA) is 102 Å². The lowest BCUT2D eigenvalue weighted by Gasteiger charge is -2.34. The Balaban J connectivity index is 1.22. The van der Waals surface area contributed by atoms with Crippen LogP contribution in [0.4, 0.5) is 5.95 Å². The Kier molecular flexibility index (Phi) is 5.07. The van der Waals surface area contributed by atoms with E-state index in [2.05, 4.69) is 40.6 Å². The molecule has 0 radical (unpaired) electrons. The number of carbonyl (C=O) groups is 1. The van der Waals surface area contributed by atoms with Crippen molar-refractivity contribution in [2.24, 2.45) is 0 Å². The predicted molar refractivity (Wildman–Crippen MR) is 97.0 cm³/mol. The van der Waals surface area contributed by atoms with Gasteiger partial charge in [-0.15, -0.1) is 0 Å². The summed E-state index contributed by atoms with van der Waals surface area (Å²) in [7, 11) is 0. The van der Waals surface area contributed by atoms with Crippen molar-refractivity contribution in [3.63, 3.8) is 0 Å². The van der Waals surface area contributed by atoms with Crippen molar-refractivity contribution in [1.82, 2.24) is 35.7 Å². The average Bonchev–Trinajstić information content (AvgIpc) is 3.13. The van der Waals surface area contributed by atoms with Gasteiger partial charge in [-0.25, -0.2) is 9.97 Å². The summed E-state index contributed by atoms with van der Waals surface area (Å²) in [5.41, 5.74) is 2.61. The lowest BCUT2D eigenvalue weighted by molar-refractivity contribution is 0.0941. The molecule has 1 fully saturated rings. The molecule has 1 saturated heterocycles. The molecule has 4 heterocycles. The van der Waals surface area contributed by atoms with E-state index < -0.39 is 0 Å². The number of nitrogens with zero attached hydrogens (tertiary/aromatic N) is 5. The zero-order valence-corrected chi connectivity index (χ0v) is 14.7. The van der Waals surface area contributed by atoms with Gasteiger partial charge in [0.1, 0.15) is 0 Å². The van der Waals surface area contributed by atoms with Gasteiger partial charge in [-0.05, 0) is 6.07 Å². The third kappa shape index (κ3) is 3.68. The number of fused-ring (bicyclic) bond motifs is 1. The number of hydrogen-bond donors (Lipinski definition) is 3. The van der Waals surface area contributed by atoms with Gasteiger partial charge in [-0.1, -0.05) is 0 Å². The lowest BCUT2D eigenvalue weighted by Crippen LogP contribution is -2.49. The molecule has 1 amide bonds. The quantitative estimate of drug-likeness (QED) is 0.657. The molecule has 26 heavy (non-hydrogen) atoms. The molecular weight excluding hydrogens is 332 g/mol. The lowest BCUT2D eigenvalue weighted by atomic mass is 10.1. The summed E-state index contributed by atoms with van der Waals surface area (Å²) in [5, 5.41) is 13.5. The average molecular weight is 356 g/mol. The molecular formula is C17H24N8O. The van der Waals surface area contributed by atoms with Crippen LogP contribution in [0.1, 0.15) is 21.7 Å². The van der Waals surface area contributed by atoms with Crippen LogP contribution in [0.3, 0.4) is 0 Å². The highest BCUT2D eigenvalue weighted by Crippen LogP contribution is 2.15. The number of anilines is 1. The van der Waals surface area contributed by atoms with Gasteiger partial charge in [-0.2, -0.15) is 5.10 Å². The van der Waals surface area contributed by atoms with E-state index in [4.69, 9.17) is 0 Å². The van der Waals surface area contributed by atoms with Crippen molar-refractivity contribution < 1.29 is 4.79 Å². The number of rotatable bonds is 5. The van der Waals surface area contributed by atoms with Gasteiger partial charge in [0.25, 0.3) is 5.91 Å². The third-order valence-electron chi connectivity index (χ3n) is 4.94. The Bertz CT molecular complexity index is 738. The van der Waals surface area contributed by atoms with E-state index in [0.29, 0.717) is 18.8 Å². The molecule has 0 aromatic carbocycles. The SMILES string of the molecule is O=C(NCCN1CCN(c2ncccn2)CC1)c1n[nH]c2c1CNCC2. The van der Waals surface area contributed by atoms with E-state index >= 15 is 0 Å². The molecule has 0 aliphatic carbocycles. The summed E-state index contributed by atoms with van der Waals surface area (Å²) in [6.07, 6.45) is 4.44. The first kappa shape index (κ1) is 16.9. The molecule has 0 spiro atoms. The fourth-order valence-corrected chi connectivity index (χ4v) is 3.45. The van der Waals surface area contributed by atoms with Crippen molar-refractivity contribution in [3.8, 4) is 0 Å². The molecule has 0 saturated carbocycles. The number of aromatic nitrogens is 4. The first-order valence-electron chi connectivity index (χ1n) is 9.10. The smallest absolute Gasteiger partial charge is 0.272 e. The number of piperazine rings is 1. The van der Waals surface area contributed by atoms with Crippen LogP contribution in [0.25, 0.3) is 0 Å². The maximum absolute atomic E-state index is 12.4.